The number of hydrogen-bond acceptors (Lipinski definition) is 3. The molecule has 15 heavy (non-hydrogen) atoms. The van der Waals surface area contributed by atoms with E-state index in [9.17, 15) is 13.2 Å². The third-order valence-electron chi connectivity index (χ3n) is 1.59. The van der Waals surface area contributed by atoms with E-state index in [0.717, 1.165) is 6.08 Å². The van der Waals surface area contributed by atoms with Crippen LogP contribution in [-0.4, -0.2) is 24.0 Å². The molecule has 2 N–H and O–H groups in total. The topological polar surface area (TPSA) is 91.7 Å². The van der Waals surface area contributed by atoms with Crippen LogP contribution in [0.4, 0.5) is 0 Å². The van der Waals surface area contributed by atoms with Crippen molar-refractivity contribution in [3.05, 3.63) is 40.8 Å². The average Bonchev–Trinajstić information content (AvgIpc) is 2.13. The van der Waals surface area contributed by atoms with Gasteiger partial charge in [-0.25, -0.2) is 4.79 Å². The summed E-state index contributed by atoms with van der Waals surface area (Å²) < 4.78 is 30.0. The van der Waals surface area contributed by atoms with Gasteiger partial charge in [0.15, 0.2) is 4.91 Å². The van der Waals surface area contributed by atoms with E-state index >= 15 is 0 Å². The summed E-state index contributed by atoms with van der Waals surface area (Å²) in [6, 6.07) is 7.98. The van der Waals surface area contributed by atoms with Crippen molar-refractivity contribution in [2.45, 2.75) is 0 Å². The first-order valence-corrected chi connectivity index (χ1v) is 5.33. The van der Waals surface area contributed by atoms with Crippen LogP contribution in [0.3, 0.4) is 0 Å². The highest BCUT2D eigenvalue weighted by Crippen LogP contribution is 2.11. The predicted octanol–water partition coefficient (Wildman–Crippen LogP) is 1.000. The number of carbonyl (C=O) groups is 1. The Morgan fingerprint density at radius 3 is 2.13 bits per heavy atom. The van der Waals surface area contributed by atoms with Crippen LogP contribution in [0.1, 0.15) is 5.56 Å². The molecule has 0 saturated carbocycles. The van der Waals surface area contributed by atoms with Gasteiger partial charge in [0.25, 0.3) is 0 Å². The van der Waals surface area contributed by atoms with Crippen molar-refractivity contribution in [3.8, 4) is 0 Å². The largest absolute Gasteiger partial charge is 0.477 e. The fourth-order valence-corrected chi connectivity index (χ4v) is 1.45. The Hall–Kier alpha value is -1.66. The smallest absolute Gasteiger partial charge is 0.349 e. The van der Waals surface area contributed by atoms with E-state index in [2.05, 4.69) is 0 Å². The van der Waals surface area contributed by atoms with Crippen molar-refractivity contribution in [3.63, 3.8) is 0 Å². The number of hydrogen-bond donors (Lipinski definition) is 2. The first-order chi connectivity index (χ1) is 6.91. The summed E-state index contributed by atoms with van der Waals surface area (Å²) in [5, 5.41) is 8.56. The number of benzene rings is 1. The number of rotatable bonds is 3. The second kappa shape index (κ2) is 4.24. The Morgan fingerprint density at radius 2 is 1.73 bits per heavy atom. The first-order valence-electron chi connectivity index (χ1n) is 3.89. The quantitative estimate of drug-likeness (QED) is 0.594. The predicted molar refractivity (Wildman–Crippen MR) is 53.6 cm³/mol. The summed E-state index contributed by atoms with van der Waals surface area (Å²) in [5.41, 5.74) is 0.382. The molecule has 0 aliphatic heterocycles. The monoisotopic (exact) mass is 228 g/mol. The van der Waals surface area contributed by atoms with E-state index in [-0.39, 0.29) is 0 Å². The van der Waals surface area contributed by atoms with Gasteiger partial charge in [-0.15, -0.1) is 0 Å². The van der Waals surface area contributed by atoms with Crippen molar-refractivity contribution in [2.24, 2.45) is 0 Å². The van der Waals surface area contributed by atoms with Crippen LogP contribution >= 0.6 is 0 Å². The van der Waals surface area contributed by atoms with E-state index in [0.29, 0.717) is 5.56 Å². The molecule has 0 bridgehead atoms. The standard InChI is InChI=1S/C9H8O5S/c10-9(11)8(15(12,13)14)6-7-4-2-1-3-5-7/h1-6H,(H,10,11)(H,12,13,14). The molecule has 0 saturated heterocycles. The van der Waals surface area contributed by atoms with Gasteiger partial charge in [-0.05, 0) is 11.6 Å². The van der Waals surface area contributed by atoms with E-state index in [1.807, 2.05) is 0 Å². The zero-order chi connectivity index (χ0) is 11.5. The molecule has 0 amide bonds. The zero-order valence-electron chi connectivity index (χ0n) is 7.49. The van der Waals surface area contributed by atoms with E-state index in [1.54, 1.807) is 18.2 Å². The summed E-state index contributed by atoms with van der Waals surface area (Å²) >= 11 is 0. The zero-order valence-corrected chi connectivity index (χ0v) is 8.31. The van der Waals surface area contributed by atoms with Crippen molar-refractivity contribution in [1.29, 1.82) is 0 Å². The normalized spacial score (nSPS) is 12.5. The molecule has 0 spiro atoms. The van der Waals surface area contributed by atoms with Gasteiger partial charge < -0.3 is 5.11 Å². The third-order valence-corrected chi connectivity index (χ3v) is 2.43. The highest BCUT2D eigenvalue weighted by atomic mass is 32.2. The van der Waals surface area contributed by atoms with Gasteiger partial charge in [-0.3, -0.25) is 4.55 Å². The molecule has 1 rings (SSSR count). The van der Waals surface area contributed by atoms with Gasteiger partial charge in [0, 0.05) is 0 Å². The van der Waals surface area contributed by atoms with Gasteiger partial charge in [-0.2, -0.15) is 8.42 Å². The van der Waals surface area contributed by atoms with Crippen molar-refractivity contribution in [2.75, 3.05) is 0 Å². The molecule has 0 unspecified atom stereocenters. The first kappa shape index (κ1) is 11.4. The highest BCUT2D eigenvalue weighted by Gasteiger charge is 2.21. The van der Waals surface area contributed by atoms with Crippen molar-refractivity contribution >= 4 is 22.2 Å². The van der Waals surface area contributed by atoms with Crippen LogP contribution in [0, 0.1) is 0 Å². The lowest BCUT2D eigenvalue weighted by molar-refractivity contribution is -0.131. The van der Waals surface area contributed by atoms with Crippen LogP contribution in [0.25, 0.3) is 6.08 Å². The van der Waals surface area contributed by atoms with Gasteiger partial charge in [0.2, 0.25) is 0 Å². The molecule has 0 aliphatic rings. The molecule has 1 aromatic rings. The van der Waals surface area contributed by atoms with Gasteiger partial charge in [-0.1, -0.05) is 30.3 Å². The summed E-state index contributed by atoms with van der Waals surface area (Å²) in [6.45, 7) is 0. The van der Waals surface area contributed by atoms with E-state index in [4.69, 9.17) is 9.66 Å². The number of carboxylic acid groups (broad SMARTS) is 1. The molecule has 0 aliphatic carbocycles. The van der Waals surface area contributed by atoms with Crippen molar-refractivity contribution in [1.82, 2.24) is 0 Å². The number of aliphatic carboxylic acids is 1. The molecule has 5 nitrogen and oxygen atoms in total. The van der Waals surface area contributed by atoms with Crippen LogP contribution < -0.4 is 0 Å². The third kappa shape index (κ3) is 3.19. The summed E-state index contributed by atoms with van der Waals surface area (Å²) in [5.74, 6) is -1.69. The van der Waals surface area contributed by atoms with Crippen molar-refractivity contribution < 1.29 is 22.9 Å². The lowest BCUT2D eigenvalue weighted by Gasteiger charge is -1.97. The molecule has 0 fully saturated rings. The molecule has 6 heteroatoms. The maximum Gasteiger partial charge on any atom is 0.349 e. The Bertz CT molecular complexity index is 486. The SMILES string of the molecule is O=C(O)C(=Cc1ccccc1)S(=O)(=O)O. The molecular formula is C9H8O5S. The lowest BCUT2D eigenvalue weighted by atomic mass is 10.2. The van der Waals surface area contributed by atoms with E-state index in [1.165, 1.54) is 12.1 Å². The number of carboxylic acids is 1. The summed E-state index contributed by atoms with van der Waals surface area (Å²) in [7, 11) is -4.70. The van der Waals surface area contributed by atoms with Crippen LogP contribution in [-0.2, 0) is 14.9 Å². The lowest BCUT2D eigenvalue weighted by Crippen LogP contribution is -2.11. The van der Waals surface area contributed by atoms with Crippen LogP contribution in [0.15, 0.2) is 35.2 Å². The van der Waals surface area contributed by atoms with Gasteiger partial charge >= 0.3 is 16.1 Å². The average molecular weight is 228 g/mol. The highest BCUT2D eigenvalue weighted by molar-refractivity contribution is 7.91. The van der Waals surface area contributed by atoms with Crippen LogP contribution in [0.2, 0.25) is 0 Å². The Balaban J connectivity index is 3.24. The molecule has 0 heterocycles. The Kier molecular flexibility index (Phi) is 3.23. The fraction of sp³-hybridized carbons (Fsp3) is 0. The summed E-state index contributed by atoms with van der Waals surface area (Å²) in [4.78, 5) is 9.50. The van der Waals surface area contributed by atoms with Gasteiger partial charge in [0.05, 0.1) is 0 Å². The minimum absolute atomic E-state index is 0.382. The van der Waals surface area contributed by atoms with Gasteiger partial charge in [0.1, 0.15) is 0 Å². The minimum atomic E-state index is -4.70. The fourth-order valence-electron chi connectivity index (χ4n) is 0.947. The summed E-state index contributed by atoms with van der Waals surface area (Å²) in [6.07, 6.45) is 0.887. The van der Waals surface area contributed by atoms with Crippen LogP contribution in [0.5, 0.6) is 0 Å². The maximum absolute atomic E-state index is 10.7. The maximum atomic E-state index is 10.7. The second-order valence-corrected chi connectivity index (χ2v) is 4.09. The molecule has 0 radical (unpaired) electrons. The minimum Gasteiger partial charge on any atom is -0.477 e. The molecular weight excluding hydrogens is 220 g/mol. The molecule has 0 atom stereocenters. The molecule has 0 aromatic heterocycles. The van der Waals surface area contributed by atoms with E-state index < -0.39 is 21.0 Å². The Morgan fingerprint density at radius 1 is 1.20 bits per heavy atom. The molecule has 80 valence electrons. The molecule has 1 aromatic carbocycles. The second-order valence-electron chi connectivity index (χ2n) is 2.70. The Labute approximate surface area is 86.4 Å².